The Hall–Kier alpha value is -0.390. The third-order valence-corrected chi connectivity index (χ3v) is 1.19. The van der Waals surface area contributed by atoms with E-state index in [-0.39, 0.29) is 25.2 Å². The van der Waals surface area contributed by atoms with Crippen LogP contribution in [0.4, 0.5) is 13.2 Å². The Morgan fingerprint density at radius 1 is 1.00 bits per heavy atom. The minimum Gasteiger partial charge on any atom is -0.508 e. The Bertz CT molecular complexity index is 314. The molecule has 0 radical (unpaired) electrons. The molecule has 0 saturated carbocycles. The van der Waals surface area contributed by atoms with E-state index < -0.39 is 20.1 Å². The van der Waals surface area contributed by atoms with Crippen molar-refractivity contribution in [1.29, 1.82) is 0 Å². The molecule has 94 valence electrons. The van der Waals surface area contributed by atoms with Gasteiger partial charge in [0.1, 0.15) is 5.75 Å². The minimum atomic E-state index is -4.33. The molecule has 0 fully saturated rings. The second-order valence-corrected chi connectivity index (χ2v) is 8.56. The molecular formula is C10H15F3O2SiZn. The summed E-state index contributed by atoms with van der Waals surface area (Å²) < 4.78 is 35.5. The number of aromatic hydroxyl groups is 1. The summed E-state index contributed by atoms with van der Waals surface area (Å²) in [5.41, 5.74) is -0.754. The molecule has 0 amide bonds. The number of phenols is 1. The molecule has 1 aromatic rings. The fourth-order valence-electron chi connectivity index (χ4n) is 0.650. The van der Waals surface area contributed by atoms with Crippen molar-refractivity contribution in [2.24, 2.45) is 0 Å². The summed E-state index contributed by atoms with van der Waals surface area (Å²) >= 11 is 0. The maximum absolute atomic E-state index is 11.8. The average Bonchev–Trinajstić information content (AvgIpc) is 1.99. The smallest absolute Gasteiger partial charge is 0.416 e. The van der Waals surface area contributed by atoms with Gasteiger partial charge in [-0.2, -0.15) is 13.2 Å². The Morgan fingerprint density at radius 2 is 1.29 bits per heavy atom. The van der Waals surface area contributed by atoms with Crippen LogP contribution in [0.25, 0.3) is 0 Å². The van der Waals surface area contributed by atoms with E-state index in [1.807, 2.05) is 19.6 Å². The third kappa shape index (κ3) is 11.9. The van der Waals surface area contributed by atoms with Crippen LogP contribution in [0.15, 0.2) is 24.3 Å². The van der Waals surface area contributed by atoms with Crippen molar-refractivity contribution in [1.82, 2.24) is 0 Å². The zero-order valence-electron chi connectivity index (χ0n) is 10.0. The van der Waals surface area contributed by atoms with Gasteiger partial charge in [0.2, 0.25) is 0 Å². The molecule has 0 aliphatic rings. The molecule has 7 heteroatoms. The molecular weight excluding hydrogens is 303 g/mol. The molecule has 1 aromatic carbocycles. The Labute approximate surface area is 112 Å². The van der Waals surface area contributed by atoms with Gasteiger partial charge < -0.3 is 9.90 Å². The SMILES string of the molecule is C[Si](C)(C)O.Oc1ccc(C(F)(F)F)cc1.[Zn]. The second-order valence-electron chi connectivity index (χ2n) is 4.22. The monoisotopic (exact) mass is 316 g/mol. The van der Waals surface area contributed by atoms with E-state index in [9.17, 15) is 13.2 Å². The van der Waals surface area contributed by atoms with Gasteiger partial charge in [-0.05, 0) is 43.9 Å². The summed E-state index contributed by atoms with van der Waals surface area (Å²) in [5.74, 6) is -0.169. The number of benzene rings is 1. The molecule has 0 aromatic heterocycles. The van der Waals surface area contributed by atoms with Crippen molar-refractivity contribution in [3.63, 3.8) is 0 Å². The molecule has 0 saturated heterocycles. The van der Waals surface area contributed by atoms with E-state index in [4.69, 9.17) is 9.90 Å². The largest absolute Gasteiger partial charge is 0.508 e. The topological polar surface area (TPSA) is 40.5 Å². The summed E-state index contributed by atoms with van der Waals surface area (Å²) in [5, 5.41) is 8.66. The van der Waals surface area contributed by atoms with Crippen molar-refractivity contribution in [3.8, 4) is 5.75 Å². The van der Waals surface area contributed by atoms with Crippen LogP contribution in [0.2, 0.25) is 19.6 Å². The summed E-state index contributed by atoms with van der Waals surface area (Å²) in [7, 11) is -1.61. The zero-order chi connectivity index (χ0) is 13.0. The van der Waals surface area contributed by atoms with Crippen LogP contribution < -0.4 is 0 Å². The minimum absolute atomic E-state index is 0. The van der Waals surface area contributed by atoms with E-state index in [1.165, 1.54) is 0 Å². The van der Waals surface area contributed by atoms with Crippen LogP contribution >= 0.6 is 0 Å². The second kappa shape index (κ2) is 7.14. The quantitative estimate of drug-likeness (QED) is 0.721. The average molecular weight is 318 g/mol. The van der Waals surface area contributed by atoms with Crippen molar-refractivity contribution in [2.45, 2.75) is 25.8 Å². The van der Waals surface area contributed by atoms with E-state index >= 15 is 0 Å². The van der Waals surface area contributed by atoms with Crippen LogP contribution in [0.5, 0.6) is 5.75 Å². The van der Waals surface area contributed by atoms with E-state index in [1.54, 1.807) is 0 Å². The third-order valence-electron chi connectivity index (χ3n) is 1.19. The molecule has 0 aliphatic carbocycles. The Kier molecular flexibility index (Phi) is 7.96. The van der Waals surface area contributed by atoms with Gasteiger partial charge in [0.25, 0.3) is 0 Å². The van der Waals surface area contributed by atoms with Crippen molar-refractivity contribution in [2.75, 3.05) is 0 Å². The van der Waals surface area contributed by atoms with Gasteiger partial charge in [-0.25, -0.2) is 0 Å². The van der Waals surface area contributed by atoms with Crippen LogP contribution in [-0.4, -0.2) is 18.2 Å². The van der Waals surface area contributed by atoms with E-state index in [0.717, 1.165) is 24.3 Å². The number of phenolic OH excluding ortho intramolecular Hbond substituents is 1. The van der Waals surface area contributed by atoms with Gasteiger partial charge >= 0.3 is 6.18 Å². The summed E-state index contributed by atoms with van der Waals surface area (Å²) in [6.45, 7) is 5.65. The maximum atomic E-state index is 11.8. The molecule has 1 rings (SSSR count). The molecule has 2 nitrogen and oxygen atoms in total. The number of hydrogen-bond acceptors (Lipinski definition) is 2. The van der Waals surface area contributed by atoms with Gasteiger partial charge in [0.15, 0.2) is 8.32 Å². The predicted octanol–water partition coefficient (Wildman–Crippen LogP) is 3.22. The van der Waals surface area contributed by atoms with Crippen LogP contribution in [-0.2, 0) is 25.7 Å². The van der Waals surface area contributed by atoms with Crippen LogP contribution in [0.1, 0.15) is 5.56 Å². The first kappa shape index (κ1) is 19.0. The summed E-state index contributed by atoms with van der Waals surface area (Å²) in [4.78, 5) is 8.66. The van der Waals surface area contributed by atoms with E-state index in [2.05, 4.69) is 0 Å². The fourth-order valence-corrected chi connectivity index (χ4v) is 0.650. The normalized spacial score (nSPS) is 11.0. The van der Waals surface area contributed by atoms with Gasteiger partial charge in [-0.1, -0.05) is 0 Å². The zero-order valence-corrected chi connectivity index (χ0v) is 14.0. The van der Waals surface area contributed by atoms with Crippen molar-refractivity contribution < 1.29 is 42.6 Å². The molecule has 0 unspecified atom stereocenters. The summed E-state index contributed by atoms with van der Waals surface area (Å²) in [6, 6.07) is 3.66. The van der Waals surface area contributed by atoms with Gasteiger partial charge in [0.05, 0.1) is 5.56 Å². The number of alkyl halides is 3. The maximum Gasteiger partial charge on any atom is 0.416 e. The number of hydrogen-bond donors (Lipinski definition) is 2. The molecule has 0 heterocycles. The molecule has 0 spiro atoms. The van der Waals surface area contributed by atoms with Gasteiger partial charge in [-0.3, -0.25) is 0 Å². The van der Waals surface area contributed by atoms with Gasteiger partial charge in [-0.15, -0.1) is 0 Å². The Balaban J connectivity index is 0. The molecule has 0 atom stereocenters. The number of rotatable bonds is 0. The molecule has 2 N–H and O–H groups in total. The van der Waals surface area contributed by atoms with Crippen molar-refractivity contribution >= 4 is 8.32 Å². The standard InChI is InChI=1S/C7H5F3O.C3H10OSi.Zn/c8-7(9,10)5-1-3-6(11)4-2-5;1-5(2,3)4;/h1-4,11H;4H,1-3H3;. The van der Waals surface area contributed by atoms with E-state index in [0.29, 0.717) is 0 Å². The first-order chi connectivity index (χ1) is 7.00. The first-order valence-corrected chi connectivity index (χ1v) is 8.03. The first-order valence-electron chi connectivity index (χ1n) is 4.59. The summed E-state index contributed by atoms with van der Waals surface area (Å²) in [6.07, 6.45) is -4.33. The molecule has 17 heavy (non-hydrogen) atoms. The van der Waals surface area contributed by atoms with Crippen LogP contribution in [0, 0.1) is 0 Å². The molecule has 0 bridgehead atoms. The van der Waals surface area contributed by atoms with Gasteiger partial charge in [0, 0.05) is 19.5 Å². The van der Waals surface area contributed by atoms with Crippen LogP contribution in [0.3, 0.4) is 0 Å². The van der Waals surface area contributed by atoms with Crippen molar-refractivity contribution in [3.05, 3.63) is 29.8 Å². The number of halogens is 3. The molecule has 0 aliphatic heterocycles. The fraction of sp³-hybridized carbons (Fsp3) is 0.400. The predicted molar refractivity (Wildman–Crippen MR) is 58.7 cm³/mol. The Morgan fingerprint density at radius 3 is 1.53 bits per heavy atom.